The van der Waals surface area contributed by atoms with Gasteiger partial charge in [-0.25, -0.2) is 4.79 Å². The van der Waals surface area contributed by atoms with Crippen molar-refractivity contribution in [1.82, 2.24) is 15.6 Å². The van der Waals surface area contributed by atoms with E-state index in [0.29, 0.717) is 30.8 Å². The Morgan fingerprint density at radius 3 is 2.46 bits per heavy atom. The Morgan fingerprint density at radius 1 is 1.21 bits per heavy atom. The van der Waals surface area contributed by atoms with Crippen molar-refractivity contribution >= 4 is 23.5 Å². The van der Waals surface area contributed by atoms with Crippen LogP contribution in [0.4, 0.5) is 10.5 Å². The lowest BCUT2D eigenvalue weighted by atomic mass is 10.1. The minimum absolute atomic E-state index is 0.348. The quantitative estimate of drug-likeness (QED) is 0.466. The molecule has 0 aliphatic carbocycles. The minimum Gasteiger partial charge on any atom is -0.497 e. The largest absolute Gasteiger partial charge is 0.497 e. The van der Waals surface area contributed by atoms with Crippen molar-refractivity contribution < 1.29 is 23.9 Å². The molecule has 1 aromatic rings. The van der Waals surface area contributed by atoms with Crippen LogP contribution in [0.15, 0.2) is 24.3 Å². The number of nitrogens with two attached hydrogens (primary N) is 1. The molecule has 0 aromatic heterocycles. The molecule has 28 heavy (non-hydrogen) atoms. The molecule has 0 spiro atoms. The number of likely N-dealkylation sites (tertiary alicyclic amines) is 1. The molecule has 10 nitrogen and oxygen atoms in total. The van der Waals surface area contributed by atoms with Gasteiger partial charge in [0, 0.05) is 13.7 Å². The standard InChI is InChI=1S/C18H27N5O5/c1-11(27-2)15(16(19)24)20-18(26)23-10-4-5-14(23)17(25)22-21-12-6-8-13(28-3)9-7-12/h6-9,11,14-15,21H,4-5,10H2,1-3H3,(H2,19,24)(H,20,26)(H,22,25). The van der Waals surface area contributed by atoms with Gasteiger partial charge in [-0.05, 0) is 44.0 Å². The lowest BCUT2D eigenvalue weighted by Crippen LogP contribution is -2.57. The average molecular weight is 393 g/mol. The van der Waals surface area contributed by atoms with Crippen LogP contribution in [-0.4, -0.2) is 61.7 Å². The Balaban J connectivity index is 1.95. The smallest absolute Gasteiger partial charge is 0.318 e. The van der Waals surface area contributed by atoms with Gasteiger partial charge in [0.05, 0.1) is 18.9 Å². The van der Waals surface area contributed by atoms with Crippen LogP contribution < -0.4 is 26.6 Å². The number of nitrogens with one attached hydrogen (secondary N) is 3. The van der Waals surface area contributed by atoms with Crippen molar-refractivity contribution in [1.29, 1.82) is 0 Å². The van der Waals surface area contributed by atoms with E-state index in [2.05, 4.69) is 16.2 Å². The van der Waals surface area contributed by atoms with E-state index in [4.69, 9.17) is 15.2 Å². The Hall–Kier alpha value is -3.01. The first-order chi connectivity index (χ1) is 13.4. The van der Waals surface area contributed by atoms with Crippen LogP contribution in [0.25, 0.3) is 0 Å². The number of urea groups is 1. The van der Waals surface area contributed by atoms with E-state index in [1.165, 1.54) is 12.0 Å². The monoisotopic (exact) mass is 393 g/mol. The van der Waals surface area contributed by atoms with E-state index in [-0.39, 0.29) is 5.91 Å². The SMILES string of the molecule is COc1ccc(NNC(=O)C2CCCN2C(=O)NC(C(N)=O)C(C)OC)cc1. The molecule has 5 N–H and O–H groups in total. The Morgan fingerprint density at radius 2 is 1.89 bits per heavy atom. The van der Waals surface area contributed by atoms with Gasteiger partial charge < -0.3 is 25.4 Å². The summed E-state index contributed by atoms with van der Waals surface area (Å²) < 4.78 is 10.2. The molecule has 1 heterocycles. The summed E-state index contributed by atoms with van der Waals surface area (Å²) in [4.78, 5) is 38.1. The molecule has 1 aliphatic rings. The summed E-state index contributed by atoms with van der Waals surface area (Å²) in [5.41, 5.74) is 11.4. The van der Waals surface area contributed by atoms with Gasteiger partial charge in [-0.1, -0.05) is 0 Å². The first kappa shape index (κ1) is 21.3. The third kappa shape index (κ3) is 5.26. The van der Waals surface area contributed by atoms with Crippen molar-refractivity contribution in [3.8, 4) is 5.75 Å². The fourth-order valence-electron chi connectivity index (χ4n) is 2.95. The molecule has 0 saturated carbocycles. The highest BCUT2D eigenvalue weighted by molar-refractivity contribution is 5.91. The summed E-state index contributed by atoms with van der Waals surface area (Å²) in [6, 6.07) is 4.84. The number of anilines is 1. The molecule has 2 rings (SSSR count). The summed E-state index contributed by atoms with van der Waals surface area (Å²) in [6.45, 7) is 2.03. The third-order valence-electron chi connectivity index (χ3n) is 4.66. The highest BCUT2D eigenvalue weighted by atomic mass is 16.5. The maximum absolute atomic E-state index is 12.6. The predicted molar refractivity (Wildman–Crippen MR) is 102 cm³/mol. The maximum Gasteiger partial charge on any atom is 0.318 e. The Labute approximate surface area is 163 Å². The van der Waals surface area contributed by atoms with Crippen molar-refractivity contribution in [3.63, 3.8) is 0 Å². The van der Waals surface area contributed by atoms with Crippen LogP contribution in [0.2, 0.25) is 0 Å². The summed E-state index contributed by atoms with van der Waals surface area (Å²) in [5.74, 6) is -0.354. The zero-order valence-corrected chi connectivity index (χ0v) is 16.2. The predicted octanol–water partition coefficient (Wildman–Crippen LogP) is 0.201. The maximum atomic E-state index is 12.6. The highest BCUT2D eigenvalue weighted by Crippen LogP contribution is 2.18. The molecule has 1 saturated heterocycles. The molecule has 3 atom stereocenters. The summed E-state index contributed by atoms with van der Waals surface area (Å²) >= 11 is 0. The van der Waals surface area contributed by atoms with Crippen molar-refractivity contribution in [2.45, 2.75) is 38.0 Å². The number of nitrogens with zero attached hydrogens (tertiary/aromatic N) is 1. The van der Waals surface area contributed by atoms with Crippen LogP contribution in [0.3, 0.4) is 0 Å². The molecule has 10 heteroatoms. The second-order valence-corrected chi connectivity index (χ2v) is 6.46. The second kappa shape index (κ2) is 9.79. The fourth-order valence-corrected chi connectivity index (χ4v) is 2.95. The normalized spacial score (nSPS) is 18.1. The number of carbonyl (C=O) groups is 3. The third-order valence-corrected chi connectivity index (χ3v) is 4.66. The van der Waals surface area contributed by atoms with Crippen LogP contribution in [-0.2, 0) is 14.3 Å². The average Bonchev–Trinajstić information content (AvgIpc) is 3.19. The van der Waals surface area contributed by atoms with Gasteiger partial charge in [0.25, 0.3) is 5.91 Å². The van der Waals surface area contributed by atoms with E-state index in [0.717, 1.165) is 0 Å². The van der Waals surface area contributed by atoms with Crippen molar-refractivity contribution in [2.75, 3.05) is 26.2 Å². The molecule has 0 radical (unpaired) electrons. The van der Waals surface area contributed by atoms with Crippen LogP contribution in [0.1, 0.15) is 19.8 Å². The number of carbonyl (C=O) groups excluding carboxylic acids is 3. The number of primary amides is 1. The molecule has 1 aliphatic heterocycles. The first-order valence-corrected chi connectivity index (χ1v) is 8.96. The number of hydrogen-bond donors (Lipinski definition) is 4. The van der Waals surface area contributed by atoms with Crippen molar-refractivity contribution in [2.24, 2.45) is 5.73 Å². The van der Waals surface area contributed by atoms with E-state index in [9.17, 15) is 14.4 Å². The van der Waals surface area contributed by atoms with Gasteiger partial charge >= 0.3 is 6.03 Å². The number of amides is 4. The van der Waals surface area contributed by atoms with Gasteiger partial charge in [0.2, 0.25) is 5.91 Å². The zero-order valence-electron chi connectivity index (χ0n) is 16.2. The van der Waals surface area contributed by atoms with Gasteiger partial charge in [0.15, 0.2) is 0 Å². The van der Waals surface area contributed by atoms with Gasteiger partial charge in [-0.2, -0.15) is 0 Å². The molecular formula is C18H27N5O5. The zero-order chi connectivity index (χ0) is 20.7. The van der Waals surface area contributed by atoms with Gasteiger partial charge in [-0.3, -0.25) is 20.4 Å². The first-order valence-electron chi connectivity index (χ1n) is 8.96. The molecule has 1 aromatic carbocycles. The van der Waals surface area contributed by atoms with Crippen molar-refractivity contribution in [3.05, 3.63) is 24.3 Å². The topological polar surface area (TPSA) is 135 Å². The molecule has 3 unspecified atom stereocenters. The van der Waals surface area contributed by atoms with Gasteiger partial charge in [0.1, 0.15) is 17.8 Å². The molecule has 0 bridgehead atoms. The van der Waals surface area contributed by atoms with E-state index in [1.54, 1.807) is 38.3 Å². The number of methoxy groups -OCH3 is 2. The number of hydrogen-bond acceptors (Lipinski definition) is 6. The number of ether oxygens (including phenoxy) is 2. The molecule has 154 valence electrons. The van der Waals surface area contributed by atoms with Crippen LogP contribution in [0, 0.1) is 0 Å². The minimum atomic E-state index is -0.987. The summed E-state index contributed by atoms with van der Waals surface area (Å²) in [5, 5.41) is 2.55. The van der Waals surface area contributed by atoms with E-state index < -0.39 is 30.1 Å². The Kier molecular flexibility index (Phi) is 7.44. The second-order valence-electron chi connectivity index (χ2n) is 6.46. The van der Waals surface area contributed by atoms with E-state index in [1.807, 2.05) is 0 Å². The number of rotatable bonds is 8. The lowest BCUT2D eigenvalue weighted by Gasteiger charge is -2.28. The molecule has 1 fully saturated rings. The van der Waals surface area contributed by atoms with Gasteiger partial charge in [-0.15, -0.1) is 0 Å². The Bertz CT molecular complexity index is 696. The summed E-state index contributed by atoms with van der Waals surface area (Å²) in [7, 11) is 2.99. The van der Waals surface area contributed by atoms with Crippen LogP contribution >= 0.6 is 0 Å². The highest BCUT2D eigenvalue weighted by Gasteiger charge is 2.36. The summed E-state index contributed by atoms with van der Waals surface area (Å²) in [6.07, 6.45) is 0.604. The number of hydrazine groups is 1. The molecule has 4 amide bonds. The fraction of sp³-hybridized carbons (Fsp3) is 0.500. The number of benzene rings is 1. The molecular weight excluding hydrogens is 366 g/mol. The van der Waals surface area contributed by atoms with Crippen LogP contribution in [0.5, 0.6) is 5.75 Å². The lowest BCUT2D eigenvalue weighted by molar-refractivity contribution is -0.124. The van der Waals surface area contributed by atoms with E-state index >= 15 is 0 Å².